The summed E-state index contributed by atoms with van der Waals surface area (Å²) in [7, 11) is 0. The number of benzene rings is 1. The summed E-state index contributed by atoms with van der Waals surface area (Å²) in [4.78, 5) is 20.7. The molecule has 1 aromatic rings. The van der Waals surface area contributed by atoms with Gasteiger partial charge in [-0.3, -0.25) is 4.79 Å². The van der Waals surface area contributed by atoms with Crippen molar-refractivity contribution in [3.63, 3.8) is 0 Å². The van der Waals surface area contributed by atoms with Gasteiger partial charge in [-0.05, 0) is 19.4 Å². The highest BCUT2D eigenvalue weighted by Crippen LogP contribution is 2.17. The first-order valence-electron chi connectivity index (χ1n) is 5.64. The Hall–Kier alpha value is -2.10. The molecule has 1 heterocycles. The summed E-state index contributed by atoms with van der Waals surface area (Å²) in [6.45, 7) is 3.17. The Labute approximate surface area is 106 Å². The lowest BCUT2D eigenvalue weighted by Gasteiger charge is -1.99. The van der Waals surface area contributed by atoms with Gasteiger partial charge in [0.05, 0.1) is 0 Å². The lowest BCUT2D eigenvalue weighted by Crippen LogP contribution is -2.12. The second-order valence-corrected chi connectivity index (χ2v) is 3.89. The maximum atomic E-state index is 10.7. The van der Waals surface area contributed by atoms with Crippen LogP contribution in [0.5, 0.6) is 0 Å². The van der Waals surface area contributed by atoms with Crippen molar-refractivity contribution in [1.29, 1.82) is 0 Å². The molecule has 0 aromatic heterocycles. The number of ether oxygens (including phenoxy) is 1. The summed E-state index contributed by atoms with van der Waals surface area (Å²) in [5, 5.41) is 8.84. The van der Waals surface area contributed by atoms with Crippen LogP contribution in [0.3, 0.4) is 0 Å². The minimum atomic E-state index is -0.495. The maximum Gasteiger partial charge on any atom is 0.240 e. The van der Waals surface area contributed by atoms with Gasteiger partial charge in [0.2, 0.25) is 11.5 Å². The zero-order valence-electron chi connectivity index (χ0n) is 10.4. The third kappa shape index (κ3) is 3.73. The van der Waals surface area contributed by atoms with Crippen LogP contribution in [-0.4, -0.2) is 23.3 Å². The van der Waals surface area contributed by atoms with Crippen molar-refractivity contribution in [2.45, 2.75) is 26.4 Å². The first kappa shape index (κ1) is 14.0. The molecule has 0 bridgehead atoms. The number of hydrogen-bond acceptors (Lipinski definition) is 4. The van der Waals surface area contributed by atoms with Crippen molar-refractivity contribution in [3.8, 4) is 0 Å². The van der Waals surface area contributed by atoms with Crippen LogP contribution in [0.15, 0.2) is 41.9 Å². The molecular formula is C14H16O4. The van der Waals surface area contributed by atoms with Crippen LogP contribution in [-0.2, 0) is 20.7 Å². The molecule has 4 nitrogen and oxygen atoms in total. The Morgan fingerprint density at radius 1 is 1.33 bits per heavy atom. The molecule has 1 aromatic carbocycles. The van der Waals surface area contributed by atoms with Gasteiger partial charge in [0.25, 0.3) is 0 Å². The van der Waals surface area contributed by atoms with Crippen molar-refractivity contribution in [2.75, 3.05) is 0 Å². The van der Waals surface area contributed by atoms with E-state index in [9.17, 15) is 9.59 Å². The number of rotatable bonds is 2. The molecule has 0 radical (unpaired) electrons. The summed E-state index contributed by atoms with van der Waals surface area (Å²) in [6, 6.07) is 9.68. The van der Waals surface area contributed by atoms with E-state index in [1.165, 1.54) is 0 Å². The predicted molar refractivity (Wildman–Crippen MR) is 67.1 cm³/mol. The van der Waals surface area contributed by atoms with Crippen LogP contribution in [0, 0.1) is 0 Å². The molecule has 0 amide bonds. The Balaban J connectivity index is 0.000000180. The molecule has 0 fully saturated rings. The van der Waals surface area contributed by atoms with E-state index in [4.69, 9.17) is 9.84 Å². The fourth-order valence-corrected chi connectivity index (χ4v) is 1.45. The molecule has 0 saturated heterocycles. The summed E-state index contributed by atoms with van der Waals surface area (Å²) in [5.74, 6) is -0.234. The fraction of sp³-hybridized carbons (Fsp3) is 0.286. The van der Waals surface area contributed by atoms with Gasteiger partial charge in [0.1, 0.15) is 12.0 Å². The largest absolute Gasteiger partial charge is 0.502 e. The summed E-state index contributed by atoms with van der Waals surface area (Å²) >= 11 is 0. The van der Waals surface area contributed by atoms with Crippen molar-refractivity contribution >= 4 is 12.1 Å². The molecule has 1 unspecified atom stereocenters. The monoisotopic (exact) mass is 248 g/mol. The van der Waals surface area contributed by atoms with Gasteiger partial charge in [-0.1, -0.05) is 30.3 Å². The van der Waals surface area contributed by atoms with Crippen LogP contribution in [0.1, 0.15) is 19.4 Å². The molecule has 0 aliphatic carbocycles. The number of carbonyl (C=O) groups is 2. The summed E-state index contributed by atoms with van der Waals surface area (Å²) in [5.41, 5.74) is 1.08. The molecule has 96 valence electrons. The third-order valence-electron chi connectivity index (χ3n) is 2.45. The third-order valence-corrected chi connectivity index (χ3v) is 2.45. The molecule has 2 rings (SSSR count). The van der Waals surface area contributed by atoms with Gasteiger partial charge in [0.15, 0.2) is 6.10 Å². The van der Waals surface area contributed by atoms with E-state index in [0.29, 0.717) is 12.2 Å². The molecule has 18 heavy (non-hydrogen) atoms. The predicted octanol–water partition coefficient (Wildman–Crippen LogP) is 2.19. The Kier molecular flexibility index (Phi) is 5.11. The molecule has 1 N–H and O–H groups in total. The topological polar surface area (TPSA) is 63.6 Å². The fourth-order valence-electron chi connectivity index (χ4n) is 1.45. The second-order valence-electron chi connectivity index (χ2n) is 3.89. The maximum absolute atomic E-state index is 10.7. The summed E-state index contributed by atoms with van der Waals surface area (Å²) in [6.07, 6.45) is 0.945. The Morgan fingerprint density at radius 3 is 2.28 bits per heavy atom. The number of ketones is 1. The van der Waals surface area contributed by atoms with E-state index in [1.807, 2.05) is 30.3 Å². The number of aliphatic hydroxyl groups excluding tert-OH is 1. The van der Waals surface area contributed by atoms with Gasteiger partial charge in [-0.15, -0.1) is 0 Å². The van der Waals surface area contributed by atoms with Crippen LogP contribution in [0.4, 0.5) is 0 Å². The zero-order chi connectivity index (χ0) is 13.5. The standard InChI is InChI=1S/C8H8O.C6H8O3/c9-7-6-8-4-2-1-3-5-8;1-3-5(7)6(8)4(2)9-3/h1-5,7H,6H2;3,8H,1-2H3. The van der Waals surface area contributed by atoms with E-state index in [0.717, 1.165) is 11.8 Å². The quantitative estimate of drug-likeness (QED) is 0.815. The lowest BCUT2D eigenvalue weighted by atomic mass is 10.2. The average molecular weight is 248 g/mol. The number of carbonyl (C=O) groups excluding carboxylic acids is 2. The SMILES string of the molecule is CC1=C(O)C(=O)C(C)O1.O=CCc1ccccc1. The van der Waals surface area contributed by atoms with E-state index >= 15 is 0 Å². The average Bonchev–Trinajstić information content (AvgIpc) is 2.59. The Bertz CT molecular complexity index is 448. The van der Waals surface area contributed by atoms with E-state index in [1.54, 1.807) is 13.8 Å². The first-order chi connectivity index (χ1) is 8.56. The van der Waals surface area contributed by atoms with Crippen molar-refractivity contribution in [2.24, 2.45) is 0 Å². The molecule has 0 saturated carbocycles. The van der Waals surface area contributed by atoms with E-state index in [-0.39, 0.29) is 11.5 Å². The highest BCUT2D eigenvalue weighted by molar-refractivity contribution is 5.98. The lowest BCUT2D eigenvalue weighted by molar-refractivity contribution is -0.122. The number of aliphatic hydroxyl groups is 1. The molecule has 4 heteroatoms. The molecule has 1 atom stereocenters. The van der Waals surface area contributed by atoms with Crippen LogP contribution < -0.4 is 0 Å². The number of aldehydes is 1. The number of Topliss-reactive ketones (excluding diaryl/α,β-unsaturated/α-hetero) is 1. The van der Waals surface area contributed by atoms with Crippen LogP contribution in [0.25, 0.3) is 0 Å². The number of allylic oxidation sites excluding steroid dienone is 1. The van der Waals surface area contributed by atoms with Gasteiger partial charge >= 0.3 is 0 Å². The van der Waals surface area contributed by atoms with Crippen molar-refractivity contribution in [1.82, 2.24) is 0 Å². The zero-order valence-corrected chi connectivity index (χ0v) is 10.4. The van der Waals surface area contributed by atoms with E-state index < -0.39 is 6.10 Å². The van der Waals surface area contributed by atoms with Crippen molar-refractivity contribution in [3.05, 3.63) is 47.4 Å². The molecule has 0 spiro atoms. The molecular weight excluding hydrogens is 232 g/mol. The molecule has 1 aliphatic heterocycles. The van der Waals surface area contributed by atoms with Crippen molar-refractivity contribution < 1.29 is 19.4 Å². The first-order valence-corrected chi connectivity index (χ1v) is 5.64. The van der Waals surface area contributed by atoms with Crippen LogP contribution in [0.2, 0.25) is 0 Å². The van der Waals surface area contributed by atoms with Gasteiger partial charge in [-0.25, -0.2) is 0 Å². The van der Waals surface area contributed by atoms with Gasteiger partial charge in [0, 0.05) is 6.42 Å². The minimum absolute atomic E-state index is 0.234. The molecule has 1 aliphatic rings. The normalized spacial score (nSPS) is 17.9. The highest BCUT2D eigenvalue weighted by Gasteiger charge is 2.28. The minimum Gasteiger partial charge on any atom is -0.502 e. The Morgan fingerprint density at radius 2 is 1.94 bits per heavy atom. The van der Waals surface area contributed by atoms with E-state index in [2.05, 4.69) is 0 Å². The van der Waals surface area contributed by atoms with Gasteiger partial charge in [-0.2, -0.15) is 0 Å². The smallest absolute Gasteiger partial charge is 0.240 e. The highest BCUT2D eigenvalue weighted by atomic mass is 16.5. The summed E-state index contributed by atoms with van der Waals surface area (Å²) < 4.78 is 4.87. The van der Waals surface area contributed by atoms with Gasteiger partial charge < -0.3 is 14.6 Å². The number of hydrogen-bond donors (Lipinski definition) is 1. The second kappa shape index (κ2) is 6.59. The van der Waals surface area contributed by atoms with Crippen LogP contribution >= 0.6 is 0 Å².